The second-order valence-electron chi connectivity index (χ2n) is 3.96. The molecule has 2 N–H and O–H groups in total. The van der Waals surface area contributed by atoms with Crippen LogP contribution in [0.5, 0.6) is 0 Å². The standard InChI is InChI=1S/C10H22B2NO2/c1-12(15)7-3-5-9-13-8-4-2-6-11-10-14/h10,13,15H,2-9H2,1H3. The molecule has 15 heavy (non-hydrogen) atoms. The molecule has 85 valence electrons. The fraction of sp³-hybridized carbons (Fsp3) is 0.900. The number of hydrogen-bond donors (Lipinski definition) is 2. The van der Waals surface area contributed by atoms with Crippen LogP contribution in [0.15, 0.2) is 0 Å². The molecule has 0 aliphatic heterocycles. The van der Waals surface area contributed by atoms with Crippen molar-refractivity contribution in [2.24, 2.45) is 0 Å². The molecule has 0 bridgehead atoms. The lowest BCUT2D eigenvalue weighted by Crippen LogP contribution is -2.17. The van der Waals surface area contributed by atoms with Crippen LogP contribution in [0.3, 0.4) is 0 Å². The zero-order valence-corrected chi connectivity index (χ0v) is 9.74. The van der Waals surface area contributed by atoms with Crippen LogP contribution in [0, 0.1) is 0 Å². The smallest absolute Gasteiger partial charge is 0.285 e. The van der Waals surface area contributed by atoms with Crippen molar-refractivity contribution in [2.75, 3.05) is 13.1 Å². The Hall–Kier alpha value is -0.280. The Morgan fingerprint density at radius 2 is 1.93 bits per heavy atom. The molecule has 1 radical (unpaired) electrons. The summed E-state index contributed by atoms with van der Waals surface area (Å²) in [6.45, 7) is 3.73. The molecule has 0 saturated heterocycles. The number of nitrogens with one attached hydrogen (secondary N) is 1. The Morgan fingerprint density at radius 1 is 1.27 bits per heavy atom. The van der Waals surface area contributed by atoms with Crippen molar-refractivity contribution in [1.82, 2.24) is 5.32 Å². The van der Waals surface area contributed by atoms with E-state index in [0.717, 1.165) is 57.6 Å². The van der Waals surface area contributed by atoms with E-state index in [1.165, 1.54) is 0 Å². The van der Waals surface area contributed by atoms with E-state index < -0.39 is 0 Å². The van der Waals surface area contributed by atoms with Gasteiger partial charge in [-0.25, -0.2) is 0 Å². The fourth-order valence-corrected chi connectivity index (χ4v) is 1.39. The summed E-state index contributed by atoms with van der Waals surface area (Å²) in [6.07, 6.45) is 7.09. The van der Waals surface area contributed by atoms with E-state index in [0.29, 0.717) is 0 Å². The van der Waals surface area contributed by atoms with Crippen molar-refractivity contribution < 1.29 is 9.82 Å². The highest BCUT2D eigenvalue weighted by atomic mass is 16.2. The summed E-state index contributed by atoms with van der Waals surface area (Å²) in [5.74, 6) is 0. The maximum atomic E-state index is 9.98. The molecule has 0 aliphatic rings. The number of rotatable bonds is 11. The Kier molecular flexibility index (Phi) is 11.6. The zero-order valence-electron chi connectivity index (χ0n) is 9.74. The molecule has 5 heteroatoms. The average molecular weight is 210 g/mol. The molecule has 0 fully saturated rings. The SMILES string of the molecule is CB(O)CCCCNCCCC[B]C=O. The molecular weight excluding hydrogens is 188 g/mol. The summed E-state index contributed by atoms with van der Waals surface area (Å²) >= 11 is 0. The van der Waals surface area contributed by atoms with Crippen molar-refractivity contribution in [2.45, 2.75) is 45.1 Å². The first-order valence-corrected chi connectivity index (χ1v) is 5.93. The van der Waals surface area contributed by atoms with Gasteiger partial charge in [-0.2, -0.15) is 0 Å². The molecule has 0 atom stereocenters. The van der Waals surface area contributed by atoms with E-state index >= 15 is 0 Å². The molecule has 0 unspecified atom stereocenters. The van der Waals surface area contributed by atoms with Crippen LogP contribution in [-0.2, 0) is 4.79 Å². The first-order valence-electron chi connectivity index (χ1n) is 5.93. The van der Waals surface area contributed by atoms with Crippen LogP contribution in [0.25, 0.3) is 0 Å². The van der Waals surface area contributed by atoms with Gasteiger partial charge in [0.2, 0.25) is 0 Å². The van der Waals surface area contributed by atoms with Crippen LogP contribution in [0.4, 0.5) is 0 Å². The Bertz CT molecular complexity index is 145. The third-order valence-corrected chi connectivity index (χ3v) is 2.30. The quantitative estimate of drug-likeness (QED) is 0.304. The molecule has 0 heterocycles. The van der Waals surface area contributed by atoms with Crippen LogP contribution >= 0.6 is 0 Å². The van der Waals surface area contributed by atoms with E-state index in [1.54, 1.807) is 7.28 Å². The van der Waals surface area contributed by atoms with Crippen molar-refractivity contribution >= 4 is 20.4 Å². The van der Waals surface area contributed by atoms with Gasteiger partial charge in [0.25, 0.3) is 6.92 Å². The van der Waals surface area contributed by atoms with Gasteiger partial charge in [-0.15, -0.1) is 0 Å². The van der Waals surface area contributed by atoms with Crippen LogP contribution < -0.4 is 5.32 Å². The van der Waals surface area contributed by atoms with Gasteiger partial charge in [-0.05, 0) is 32.3 Å². The Labute approximate surface area is 94.4 Å². The summed E-state index contributed by atoms with van der Waals surface area (Å²) in [4.78, 5) is 9.98. The number of unbranched alkanes of at least 4 members (excludes halogenated alkanes) is 2. The van der Waals surface area contributed by atoms with Crippen molar-refractivity contribution in [1.29, 1.82) is 0 Å². The third-order valence-electron chi connectivity index (χ3n) is 2.30. The van der Waals surface area contributed by atoms with Crippen LogP contribution in [0.2, 0.25) is 19.5 Å². The van der Waals surface area contributed by atoms with E-state index in [1.807, 2.05) is 6.82 Å². The lowest BCUT2D eigenvalue weighted by atomic mass is 9.67. The molecule has 3 nitrogen and oxygen atoms in total. The molecule has 0 amide bonds. The zero-order chi connectivity index (χ0) is 11.4. The molecule has 0 saturated carbocycles. The second-order valence-corrected chi connectivity index (χ2v) is 3.96. The molecule has 0 aliphatic carbocycles. The van der Waals surface area contributed by atoms with Gasteiger partial charge in [0, 0.05) is 0 Å². The van der Waals surface area contributed by atoms with Gasteiger partial charge in [-0.3, -0.25) is 0 Å². The summed E-state index contributed by atoms with van der Waals surface area (Å²) < 4.78 is 0. The van der Waals surface area contributed by atoms with E-state index in [2.05, 4.69) is 5.32 Å². The largest absolute Gasteiger partial charge is 0.451 e. The van der Waals surface area contributed by atoms with Gasteiger partial charge in [-0.1, -0.05) is 26.0 Å². The van der Waals surface area contributed by atoms with Gasteiger partial charge in [0.1, 0.15) is 0 Å². The van der Waals surface area contributed by atoms with Gasteiger partial charge in [0.15, 0.2) is 7.28 Å². The highest BCUT2D eigenvalue weighted by Gasteiger charge is 2.00. The summed E-state index contributed by atoms with van der Waals surface area (Å²) in [5, 5.41) is 12.4. The molecular formula is C10H22B2NO2. The van der Waals surface area contributed by atoms with Crippen molar-refractivity contribution in [3.8, 4) is 0 Å². The van der Waals surface area contributed by atoms with Gasteiger partial charge >= 0.3 is 0 Å². The minimum Gasteiger partial charge on any atom is -0.451 e. The minimum absolute atomic E-state index is 0.163. The fourth-order valence-electron chi connectivity index (χ4n) is 1.39. The lowest BCUT2D eigenvalue weighted by molar-refractivity contribution is 0.561. The predicted molar refractivity (Wildman–Crippen MR) is 67.3 cm³/mol. The second kappa shape index (κ2) is 11.8. The van der Waals surface area contributed by atoms with E-state index in [4.69, 9.17) is 5.02 Å². The lowest BCUT2D eigenvalue weighted by Gasteiger charge is -2.04. The number of carbonyl (C=O) groups excluding carboxylic acids is 1. The Balaban J connectivity index is 2.89. The third kappa shape index (κ3) is 13.7. The molecule has 0 spiro atoms. The topological polar surface area (TPSA) is 49.3 Å². The highest BCUT2D eigenvalue weighted by Crippen LogP contribution is 1.98. The summed E-state index contributed by atoms with van der Waals surface area (Å²) in [7, 11) is 1.67. The first-order chi connectivity index (χ1) is 7.27. The maximum Gasteiger partial charge on any atom is 0.285 e. The van der Waals surface area contributed by atoms with E-state index in [-0.39, 0.29) is 6.92 Å². The summed E-state index contributed by atoms with van der Waals surface area (Å²) in [5.41, 5.74) is 0. The average Bonchev–Trinajstić information content (AvgIpc) is 2.20. The van der Waals surface area contributed by atoms with Crippen molar-refractivity contribution in [3.63, 3.8) is 0 Å². The normalized spacial score (nSPS) is 10.0. The molecule has 0 aromatic heterocycles. The maximum absolute atomic E-state index is 9.98. The Morgan fingerprint density at radius 3 is 2.53 bits per heavy atom. The number of carbonyl (C=O) groups is 1. The molecule has 0 aromatic carbocycles. The van der Waals surface area contributed by atoms with Crippen LogP contribution in [-0.4, -0.2) is 38.5 Å². The van der Waals surface area contributed by atoms with Gasteiger partial charge in [0.05, 0.1) is 6.19 Å². The van der Waals surface area contributed by atoms with Crippen LogP contribution in [0.1, 0.15) is 25.7 Å². The van der Waals surface area contributed by atoms with E-state index in [9.17, 15) is 4.79 Å². The minimum atomic E-state index is -0.163. The highest BCUT2D eigenvalue weighted by molar-refractivity contribution is 6.66. The monoisotopic (exact) mass is 210 g/mol. The predicted octanol–water partition coefficient (Wildman–Crippen LogP) is 1.06. The molecule has 0 rings (SSSR count). The van der Waals surface area contributed by atoms with Crippen molar-refractivity contribution in [3.05, 3.63) is 0 Å². The summed E-state index contributed by atoms with van der Waals surface area (Å²) in [6, 6.07) is 0. The first kappa shape index (κ1) is 14.7. The molecule has 0 aromatic rings. The van der Waals surface area contributed by atoms with Gasteiger partial charge < -0.3 is 15.1 Å². The number of hydrogen-bond acceptors (Lipinski definition) is 3.